The van der Waals surface area contributed by atoms with E-state index in [1.165, 1.54) is 6.08 Å². The van der Waals surface area contributed by atoms with Crippen LogP contribution in [-0.2, 0) is 25.7 Å². The van der Waals surface area contributed by atoms with Crippen LogP contribution in [0.5, 0.6) is 0 Å². The molecule has 0 saturated carbocycles. The highest BCUT2D eigenvalue weighted by atomic mass is 16.6. The fourth-order valence-electron chi connectivity index (χ4n) is 2.22. The van der Waals surface area contributed by atoms with Gasteiger partial charge in [0.1, 0.15) is 18.8 Å². The zero-order valence-corrected chi connectivity index (χ0v) is 15.9. The summed E-state index contributed by atoms with van der Waals surface area (Å²) in [4.78, 5) is 35.4. The number of hydrogen-bond donors (Lipinski definition) is 2. The number of carboxylic acids is 1. The van der Waals surface area contributed by atoms with Crippen LogP contribution in [0.4, 0.5) is 4.79 Å². The average molecular weight is 377 g/mol. The predicted molar refractivity (Wildman–Crippen MR) is 100.0 cm³/mol. The Bertz CT molecular complexity index is 641. The minimum Gasteiger partial charge on any atom is -0.481 e. The Kier molecular flexibility index (Phi) is 9.64. The Labute approximate surface area is 159 Å². The summed E-state index contributed by atoms with van der Waals surface area (Å²) in [5.41, 5.74) is 0.822. The van der Waals surface area contributed by atoms with Crippen LogP contribution in [0.25, 0.3) is 0 Å². The summed E-state index contributed by atoms with van der Waals surface area (Å²) in [5.74, 6) is -2.04. The van der Waals surface area contributed by atoms with Gasteiger partial charge in [-0.1, -0.05) is 57.2 Å². The van der Waals surface area contributed by atoms with Crippen LogP contribution in [0.2, 0.25) is 0 Å². The Morgan fingerprint density at radius 1 is 1.19 bits per heavy atom. The maximum absolute atomic E-state index is 12.4. The van der Waals surface area contributed by atoms with Gasteiger partial charge in [-0.2, -0.15) is 0 Å². The molecular formula is C20H27NO6. The van der Waals surface area contributed by atoms with Gasteiger partial charge >= 0.3 is 18.0 Å². The molecule has 0 heterocycles. The number of nitrogens with one attached hydrogen (secondary N) is 1. The number of carbonyl (C=O) groups is 3. The Morgan fingerprint density at radius 2 is 1.85 bits per heavy atom. The number of carboxylic acid groups (broad SMARTS) is 1. The third kappa shape index (κ3) is 8.89. The number of rotatable bonds is 10. The van der Waals surface area contributed by atoms with Gasteiger partial charge < -0.3 is 19.9 Å². The third-order valence-electron chi connectivity index (χ3n) is 3.64. The molecule has 2 N–H and O–H groups in total. The van der Waals surface area contributed by atoms with Crippen molar-refractivity contribution in [1.82, 2.24) is 5.32 Å². The third-order valence-corrected chi connectivity index (χ3v) is 3.64. The van der Waals surface area contributed by atoms with Gasteiger partial charge in [0.05, 0.1) is 6.42 Å². The van der Waals surface area contributed by atoms with Crippen molar-refractivity contribution in [3.8, 4) is 0 Å². The molecule has 2 atom stereocenters. The van der Waals surface area contributed by atoms with E-state index < -0.39 is 30.2 Å². The van der Waals surface area contributed by atoms with Crippen molar-refractivity contribution < 1.29 is 29.0 Å². The molecule has 0 radical (unpaired) electrons. The molecule has 0 saturated heterocycles. The van der Waals surface area contributed by atoms with Crippen LogP contribution in [0, 0.1) is 5.92 Å². The van der Waals surface area contributed by atoms with Gasteiger partial charge in [-0.3, -0.25) is 4.79 Å². The van der Waals surface area contributed by atoms with Crippen LogP contribution in [0.1, 0.15) is 39.2 Å². The van der Waals surface area contributed by atoms with E-state index in [1.807, 2.05) is 37.3 Å². The number of allylic oxidation sites excluding steroid dienone is 1. The number of amides is 1. The molecule has 7 nitrogen and oxygen atoms in total. The summed E-state index contributed by atoms with van der Waals surface area (Å²) in [6.07, 6.45) is 1.98. The molecule has 0 spiro atoms. The molecule has 148 valence electrons. The lowest BCUT2D eigenvalue weighted by atomic mass is 10.0. The lowest BCUT2D eigenvalue weighted by Crippen LogP contribution is -2.46. The molecule has 1 aromatic carbocycles. The number of ether oxygens (including phenoxy) is 2. The van der Waals surface area contributed by atoms with E-state index in [2.05, 4.69) is 5.32 Å². The topological polar surface area (TPSA) is 102 Å². The summed E-state index contributed by atoms with van der Waals surface area (Å²) < 4.78 is 10.4. The van der Waals surface area contributed by atoms with Crippen molar-refractivity contribution in [3.63, 3.8) is 0 Å². The number of benzene rings is 1. The van der Waals surface area contributed by atoms with Gasteiger partial charge in [0.25, 0.3) is 0 Å². The number of carbonyl (C=O) groups excluding carboxylic acids is 2. The molecule has 1 aromatic rings. The molecule has 1 rings (SSSR count). The lowest BCUT2D eigenvalue weighted by Gasteiger charge is -2.22. The highest BCUT2D eigenvalue weighted by Crippen LogP contribution is 2.10. The first kappa shape index (κ1) is 22.2. The van der Waals surface area contributed by atoms with Gasteiger partial charge in [-0.25, -0.2) is 9.59 Å². The van der Waals surface area contributed by atoms with Gasteiger partial charge in [-0.05, 0) is 24.0 Å². The van der Waals surface area contributed by atoms with E-state index >= 15 is 0 Å². The van der Waals surface area contributed by atoms with E-state index in [4.69, 9.17) is 14.6 Å². The second-order valence-electron chi connectivity index (χ2n) is 6.34. The lowest BCUT2D eigenvalue weighted by molar-refractivity contribution is -0.153. The van der Waals surface area contributed by atoms with E-state index in [1.54, 1.807) is 19.9 Å². The average Bonchev–Trinajstić information content (AvgIpc) is 2.62. The van der Waals surface area contributed by atoms with Crippen molar-refractivity contribution in [2.75, 3.05) is 0 Å². The maximum atomic E-state index is 12.4. The van der Waals surface area contributed by atoms with Crippen molar-refractivity contribution in [3.05, 3.63) is 48.0 Å². The molecule has 0 aliphatic heterocycles. The molecular weight excluding hydrogens is 350 g/mol. The summed E-state index contributed by atoms with van der Waals surface area (Å²) in [6.45, 7) is 5.46. The van der Waals surface area contributed by atoms with Gasteiger partial charge in [-0.15, -0.1) is 0 Å². The second-order valence-corrected chi connectivity index (χ2v) is 6.34. The molecule has 0 aromatic heterocycles. The first-order valence-corrected chi connectivity index (χ1v) is 8.89. The van der Waals surface area contributed by atoms with Crippen LogP contribution in [0.3, 0.4) is 0 Å². The molecule has 1 amide bonds. The largest absolute Gasteiger partial charge is 0.481 e. The van der Waals surface area contributed by atoms with Crippen LogP contribution in [-0.4, -0.2) is 35.3 Å². The van der Waals surface area contributed by atoms with E-state index in [-0.39, 0.29) is 18.9 Å². The Morgan fingerprint density at radius 3 is 2.41 bits per heavy atom. The van der Waals surface area contributed by atoms with Gasteiger partial charge in [0.15, 0.2) is 0 Å². The molecule has 7 heteroatoms. The zero-order valence-electron chi connectivity index (χ0n) is 15.9. The smallest absolute Gasteiger partial charge is 0.408 e. The van der Waals surface area contributed by atoms with Gasteiger partial charge in [0, 0.05) is 0 Å². The maximum Gasteiger partial charge on any atom is 0.408 e. The molecule has 0 aliphatic rings. The van der Waals surface area contributed by atoms with E-state index in [9.17, 15) is 14.4 Å². The molecule has 1 unspecified atom stereocenters. The first-order chi connectivity index (χ1) is 12.8. The van der Waals surface area contributed by atoms with Crippen LogP contribution in [0.15, 0.2) is 42.5 Å². The minimum absolute atomic E-state index is 0.0768. The predicted octanol–water partition coefficient (Wildman–Crippen LogP) is 3.29. The SMILES string of the molecule is CC/C=C/C(CC(=O)O)OC(=O)[C@@H](NC(=O)OCc1ccccc1)C(C)C. The van der Waals surface area contributed by atoms with E-state index in [0.717, 1.165) is 5.56 Å². The van der Waals surface area contributed by atoms with Gasteiger partial charge in [0.2, 0.25) is 0 Å². The second kappa shape index (κ2) is 11.7. The quantitative estimate of drug-likeness (QED) is 0.479. The summed E-state index contributed by atoms with van der Waals surface area (Å²) in [5, 5.41) is 11.4. The van der Waals surface area contributed by atoms with Crippen molar-refractivity contribution >= 4 is 18.0 Å². The summed E-state index contributed by atoms with van der Waals surface area (Å²) in [7, 11) is 0. The monoisotopic (exact) mass is 377 g/mol. The standard InChI is InChI=1S/C20H27NO6/c1-4-5-11-16(12-17(22)23)27-19(24)18(14(2)3)21-20(25)26-13-15-9-7-6-8-10-15/h5-11,14,16,18H,4,12-13H2,1-3H3,(H,21,25)(H,22,23)/b11-5+/t16?,18-/m0/s1. The molecule has 0 aliphatic carbocycles. The molecule has 27 heavy (non-hydrogen) atoms. The summed E-state index contributed by atoms with van der Waals surface area (Å²) >= 11 is 0. The Balaban J connectivity index is 2.66. The number of esters is 1. The highest BCUT2D eigenvalue weighted by Gasteiger charge is 2.28. The van der Waals surface area contributed by atoms with Crippen molar-refractivity contribution in [1.29, 1.82) is 0 Å². The van der Waals surface area contributed by atoms with E-state index in [0.29, 0.717) is 6.42 Å². The summed E-state index contributed by atoms with van der Waals surface area (Å²) in [6, 6.07) is 8.21. The van der Waals surface area contributed by atoms with Crippen LogP contribution >= 0.6 is 0 Å². The van der Waals surface area contributed by atoms with Crippen molar-refractivity contribution in [2.45, 2.75) is 52.4 Å². The molecule has 0 fully saturated rings. The van der Waals surface area contributed by atoms with Crippen LogP contribution < -0.4 is 5.32 Å². The Hall–Kier alpha value is -2.83. The zero-order chi connectivity index (χ0) is 20.2. The number of hydrogen-bond acceptors (Lipinski definition) is 5. The minimum atomic E-state index is -1.08. The fourth-order valence-corrected chi connectivity index (χ4v) is 2.22. The normalized spacial score (nSPS) is 13.2. The fraction of sp³-hybridized carbons (Fsp3) is 0.450. The molecule has 0 bridgehead atoms. The highest BCUT2D eigenvalue weighted by molar-refractivity contribution is 5.82. The number of aliphatic carboxylic acids is 1. The first-order valence-electron chi connectivity index (χ1n) is 8.89. The number of alkyl carbamates (subject to hydrolysis) is 1. The van der Waals surface area contributed by atoms with Crippen molar-refractivity contribution in [2.24, 2.45) is 5.92 Å².